The average Bonchev–Trinajstić information content (AvgIpc) is 2.06. The Morgan fingerprint density at radius 3 is 2.09 bits per heavy atom. The van der Waals surface area contributed by atoms with Gasteiger partial charge in [0.25, 0.3) is 0 Å². The molecular formula is C8H14N2O. The molecule has 62 valence electrons. The number of nitrogens with one attached hydrogen (secondary N) is 1. The lowest BCUT2D eigenvalue weighted by Crippen LogP contribution is -2.29. The van der Waals surface area contributed by atoms with E-state index >= 15 is 0 Å². The number of hydrogen-bond donors (Lipinski definition) is 1. The Balaban J connectivity index is 3.06. The summed E-state index contributed by atoms with van der Waals surface area (Å²) in [4.78, 5) is 12.9. The van der Waals surface area contributed by atoms with Crippen molar-refractivity contribution < 1.29 is 4.79 Å². The van der Waals surface area contributed by atoms with Crippen LogP contribution in [-0.2, 0) is 4.79 Å². The van der Waals surface area contributed by atoms with Crippen molar-refractivity contribution in [1.82, 2.24) is 4.90 Å². The smallest absolute Gasteiger partial charge is 0.234 e. The van der Waals surface area contributed by atoms with Crippen LogP contribution in [0.25, 0.3) is 0 Å². The fourth-order valence-corrected chi connectivity index (χ4v) is 1.36. The predicted octanol–water partition coefficient (Wildman–Crippen LogP) is 1.10. The Morgan fingerprint density at radius 2 is 2.00 bits per heavy atom. The number of hydrogen-bond acceptors (Lipinski definition) is 2. The molecule has 1 rings (SSSR count). The number of nitrogens with zero attached hydrogens (tertiary/aromatic N) is 1. The van der Waals surface area contributed by atoms with Crippen LogP contribution >= 0.6 is 0 Å². The Bertz CT molecular complexity index is 220. The van der Waals surface area contributed by atoms with Crippen LogP contribution in [0.1, 0.15) is 20.8 Å². The Kier molecular flexibility index (Phi) is 1.54. The van der Waals surface area contributed by atoms with E-state index in [2.05, 4.69) is 0 Å². The van der Waals surface area contributed by atoms with Gasteiger partial charge in [0.15, 0.2) is 0 Å². The van der Waals surface area contributed by atoms with E-state index in [-0.39, 0.29) is 17.2 Å². The van der Waals surface area contributed by atoms with E-state index in [1.165, 1.54) is 4.90 Å². The summed E-state index contributed by atoms with van der Waals surface area (Å²) < 4.78 is 0. The zero-order chi connectivity index (χ0) is 8.81. The van der Waals surface area contributed by atoms with Crippen molar-refractivity contribution in [1.29, 1.82) is 5.41 Å². The fourth-order valence-electron chi connectivity index (χ4n) is 1.36. The topological polar surface area (TPSA) is 44.2 Å². The Morgan fingerprint density at radius 1 is 1.55 bits per heavy atom. The van der Waals surface area contributed by atoms with Gasteiger partial charge in [-0.05, 0) is 0 Å². The van der Waals surface area contributed by atoms with Gasteiger partial charge in [0.2, 0.25) is 5.91 Å². The summed E-state index contributed by atoms with van der Waals surface area (Å²) in [7, 11) is 1.66. The highest BCUT2D eigenvalue weighted by Crippen LogP contribution is 2.36. The Labute approximate surface area is 66.9 Å². The van der Waals surface area contributed by atoms with Gasteiger partial charge in [0.1, 0.15) is 5.84 Å². The SMILES string of the molecule is CC1C(=N)N(C)C(=O)C1(C)C. The molecule has 0 bridgehead atoms. The van der Waals surface area contributed by atoms with Crippen LogP contribution in [0.3, 0.4) is 0 Å². The standard InChI is InChI=1S/C8H14N2O/c1-5-6(9)10(4)7(11)8(5,2)3/h5,9H,1-4H3. The Hall–Kier alpha value is -0.860. The zero-order valence-electron chi connectivity index (χ0n) is 7.43. The van der Waals surface area contributed by atoms with Crippen molar-refractivity contribution in [2.24, 2.45) is 11.3 Å². The first kappa shape index (κ1) is 8.24. The average molecular weight is 154 g/mol. The molecular weight excluding hydrogens is 140 g/mol. The molecule has 1 fully saturated rings. The first-order valence-corrected chi connectivity index (χ1v) is 3.75. The van der Waals surface area contributed by atoms with Crippen molar-refractivity contribution in [3.05, 3.63) is 0 Å². The molecule has 1 atom stereocenters. The molecule has 1 heterocycles. The monoisotopic (exact) mass is 154 g/mol. The molecule has 0 aliphatic carbocycles. The highest BCUT2D eigenvalue weighted by atomic mass is 16.2. The molecule has 1 unspecified atom stereocenters. The molecule has 0 radical (unpaired) electrons. The van der Waals surface area contributed by atoms with Crippen molar-refractivity contribution in [2.75, 3.05) is 7.05 Å². The molecule has 1 aliphatic heterocycles. The van der Waals surface area contributed by atoms with Crippen LogP contribution in [0.2, 0.25) is 0 Å². The van der Waals surface area contributed by atoms with Gasteiger partial charge in [-0.1, -0.05) is 20.8 Å². The van der Waals surface area contributed by atoms with Gasteiger partial charge in [0.05, 0.1) is 5.41 Å². The lowest BCUT2D eigenvalue weighted by Gasteiger charge is -2.18. The molecule has 0 aromatic heterocycles. The van der Waals surface area contributed by atoms with E-state index in [9.17, 15) is 4.79 Å². The quantitative estimate of drug-likeness (QED) is 0.558. The first-order valence-electron chi connectivity index (χ1n) is 3.75. The second-order valence-corrected chi connectivity index (χ2v) is 3.69. The molecule has 0 aromatic rings. The minimum atomic E-state index is -0.383. The number of amides is 1. The van der Waals surface area contributed by atoms with Gasteiger partial charge in [-0.2, -0.15) is 0 Å². The number of carbonyl (C=O) groups excluding carboxylic acids is 1. The van der Waals surface area contributed by atoms with E-state index < -0.39 is 0 Å². The van der Waals surface area contributed by atoms with Crippen LogP contribution in [0.4, 0.5) is 0 Å². The van der Waals surface area contributed by atoms with Crippen LogP contribution in [0, 0.1) is 16.7 Å². The molecule has 1 saturated heterocycles. The van der Waals surface area contributed by atoms with E-state index in [1.54, 1.807) is 7.05 Å². The largest absolute Gasteiger partial charge is 0.303 e. The van der Waals surface area contributed by atoms with E-state index in [1.807, 2.05) is 20.8 Å². The summed E-state index contributed by atoms with van der Waals surface area (Å²) in [6, 6.07) is 0. The predicted molar refractivity (Wildman–Crippen MR) is 43.4 cm³/mol. The van der Waals surface area contributed by atoms with Crippen molar-refractivity contribution >= 4 is 11.7 Å². The molecule has 1 aliphatic rings. The molecule has 1 N–H and O–H groups in total. The minimum absolute atomic E-state index is 0.0417. The third kappa shape index (κ3) is 0.870. The van der Waals surface area contributed by atoms with Crippen molar-refractivity contribution in [3.8, 4) is 0 Å². The van der Waals surface area contributed by atoms with Gasteiger partial charge in [-0.3, -0.25) is 10.2 Å². The summed E-state index contributed by atoms with van der Waals surface area (Å²) in [5, 5.41) is 7.55. The second kappa shape index (κ2) is 2.06. The van der Waals surface area contributed by atoms with Crippen molar-refractivity contribution in [2.45, 2.75) is 20.8 Å². The molecule has 0 saturated carbocycles. The fraction of sp³-hybridized carbons (Fsp3) is 0.750. The lowest BCUT2D eigenvalue weighted by molar-refractivity contribution is -0.133. The highest BCUT2D eigenvalue weighted by Gasteiger charge is 2.46. The zero-order valence-corrected chi connectivity index (χ0v) is 7.43. The van der Waals surface area contributed by atoms with Gasteiger partial charge < -0.3 is 4.90 Å². The molecule has 3 nitrogen and oxygen atoms in total. The maximum Gasteiger partial charge on any atom is 0.234 e. The van der Waals surface area contributed by atoms with Gasteiger partial charge in [-0.25, -0.2) is 0 Å². The maximum atomic E-state index is 11.4. The molecule has 1 amide bonds. The number of rotatable bonds is 0. The first-order chi connectivity index (χ1) is 4.89. The summed E-state index contributed by atoms with van der Waals surface area (Å²) in [6.07, 6.45) is 0. The van der Waals surface area contributed by atoms with Gasteiger partial charge in [-0.15, -0.1) is 0 Å². The maximum absolute atomic E-state index is 11.4. The normalized spacial score (nSPS) is 29.8. The molecule has 0 spiro atoms. The molecule has 11 heavy (non-hydrogen) atoms. The third-order valence-corrected chi connectivity index (χ3v) is 2.71. The van der Waals surface area contributed by atoms with Crippen molar-refractivity contribution in [3.63, 3.8) is 0 Å². The lowest BCUT2D eigenvalue weighted by atomic mass is 9.82. The number of amidine groups is 1. The van der Waals surface area contributed by atoms with Crippen LogP contribution in [0.5, 0.6) is 0 Å². The summed E-state index contributed by atoms with van der Waals surface area (Å²) >= 11 is 0. The molecule has 3 heteroatoms. The number of likely N-dealkylation sites (tertiary alicyclic amines) is 1. The van der Waals surface area contributed by atoms with E-state index in [0.717, 1.165) is 0 Å². The second-order valence-electron chi connectivity index (χ2n) is 3.69. The third-order valence-electron chi connectivity index (χ3n) is 2.71. The molecule has 0 aromatic carbocycles. The summed E-state index contributed by atoms with van der Waals surface area (Å²) in [5.74, 6) is 0.523. The van der Waals surface area contributed by atoms with Crippen LogP contribution in [-0.4, -0.2) is 23.7 Å². The van der Waals surface area contributed by atoms with Crippen LogP contribution < -0.4 is 0 Å². The van der Waals surface area contributed by atoms with E-state index in [4.69, 9.17) is 5.41 Å². The minimum Gasteiger partial charge on any atom is -0.303 e. The van der Waals surface area contributed by atoms with E-state index in [0.29, 0.717) is 5.84 Å². The highest BCUT2D eigenvalue weighted by molar-refractivity contribution is 6.07. The van der Waals surface area contributed by atoms with Gasteiger partial charge >= 0.3 is 0 Å². The van der Waals surface area contributed by atoms with Gasteiger partial charge in [0, 0.05) is 13.0 Å². The van der Waals surface area contributed by atoms with Crippen LogP contribution in [0.15, 0.2) is 0 Å². The number of carbonyl (C=O) groups is 1. The summed E-state index contributed by atoms with van der Waals surface area (Å²) in [6.45, 7) is 5.69. The summed E-state index contributed by atoms with van der Waals surface area (Å²) in [5.41, 5.74) is -0.383.